The number of rotatable bonds is 9. The molecule has 2 unspecified atom stereocenters. The van der Waals surface area contributed by atoms with Gasteiger partial charge in [0.25, 0.3) is 0 Å². The molecule has 0 N–H and O–H groups in total. The fourth-order valence-electron chi connectivity index (χ4n) is 4.79. The van der Waals surface area contributed by atoms with Crippen LogP contribution >= 0.6 is 0 Å². The van der Waals surface area contributed by atoms with Crippen LogP contribution in [0.2, 0.25) is 0 Å². The van der Waals surface area contributed by atoms with E-state index in [1.807, 2.05) is 12.1 Å². The minimum absolute atomic E-state index is 0.102. The maximum atomic E-state index is 15.0. The van der Waals surface area contributed by atoms with Crippen molar-refractivity contribution >= 4 is 0 Å². The summed E-state index contributed by atoms with van der Waals surface area (Å²) in [6, 6.07) is 15.2. The lowest BCUT2D eigenvalue weighted by atomic mass is 9.90. The molecule has 0 spiro atoms. The Morgan fingerprint density at radius 1 is 0.829 bits per heavy atom. The van der Waals surface area contributed by atoms with Crippen LogP contribution < -0.4 is 4.74 Å². The first-order chi connectivity index (χ1) is 17.0. The third kappa shape index (κ3) is 5.90. The summed E-state index contributed by atoms with van der Waals surface area (Å²) in [5, 5.41) is 0. The smallest absolute Gasteiger partial charge is 0.201 e. The van der Waals surface area contributed by atoms with Crippen LogP contribution in [0.5, 0.6) is 5.75 Å². The average Bonchev–Trinajstić information content (AvgIpc) is 2.88. The van der Waals surface area contributed by atoms with E-state index in [-0.39, 0.29) is 29.8 Å². The zero-order valence-electron chi connectivity index (χ0n) is 20.5. The minimum atomic E-state index is -0.997. The fraction of sp³-hybridized carbons (Fsp3) is 0.400. The van der Waals surface area contributed by atoms with Crippen LogP contribution in [-0.2, 0) is 4.74 Å². The van der Waals surface area contributed by atoms with E-state index in [0.717, 1.165) is 24.0 Å². The largest absolute Gasteiger partial charge is 0.491 e. The van der Waals surface area contributed by atoms with Crippen molar-refractivity contribution in [3.8, 4) is 28.0 Å². The van der Waals surface area contributed by atoms with Gasteiger partial charge in [0.15, 0.2) is 11.6 Å². The molecule has 186 valence electrons. The molecule has 2 nitrogen and oxygen atoms in total. The predicted octanol–water partition coefficient (Wildman–Crippen LogP) is 8.88. The monoisotopic (exact) mass is 482 g/mol. The molecule has 1 fully saturated rings. The Morgan fingerprint density at radius 3 is 2.23 bits per heavy atom. The van der Waals surface area contributed by atoms with Crippen LogP contribution in [0.1, 0.15) is 64.0 Å². The Morgan fingerprint density at radius 2 is 1.57 bits per heavy atom. The van der Waals surface area contributed by atoms with Gasteiger partial charge in [0.1, 0.15) is 5.82 Å². The zero-order chi connectivity index (χ0) is 24.8. The molecule has 5 heteroatoms. The first-order valence-electron chi connectivity index (χ1n) is 12.6. The molecule has 0 saturated carbocycles. The molecule has 0 radical (unpaired) electrons. The van der Waals surface area contributed by atoms with Crippen LogP contribution in [0.25, 0.3) is 22.3 Å². The number of halogens is 3. The maximum Gasteiger partial charge on any atom is 0.201 e. The van der Waals surface area contributed by atoms with E-state index in [4.69, 9.17) is 9.47 Å². The Labute approximate surface area is 206 Å². The van der Waals surface area contributed by atoms with Gasteiger partial charge < -0.3 is 9.47 Å². The summed E-state index contributed by atoms with van der Waals surface area (Å²) in [5.41, 5.74) is 2.82. The molecule has 3 aromatic carbocycles. The van der Waals surface area contributed by atoms with Gasteiger partial charge in [0, 0.05) is 11.1 Å². The second kappa shape index (κ2) is 11.8. The second-order valence-electron chi connectivity index (χ2n) is 9.25. The molecule has 35 heavy (non-hydrogen) atoms. The van der Waals surface area contributed by atoms with Gasteiger partial charge in [0.2, 0.25) is 5.82 Å². The quantitative estimate of drug-likeness (QED) is 0.284. The summed E-state index contributed by atoms with van der Waals surface area (Å²) >= 11 is 0. The highest BCUT2D eigenvalue weighted by Crippen LogP contribution is 2.36. The van der Waals surface area contributed by atoms with Crippen molar-refractivity contribution in [3.63, 3.8) is 0 Å². The zero-order valence-corrected chi connectivity index (χ0v) is 20.5. The molecule has 1 aliphatic heterocycles. The first kappa shape index (κ1) is 25.3. The number of hydrogen-bond acceptors (Lipinski definition) is 2. The minimum Gasteiger partial charge on any atom is -0.491 e. The van der Waals surface area contributed by atoms with Crippen molar-refractivity contribution in [2.75, 3.05) is 13.2 Å². The molecule has 1 saturated heterocycles. The maximum absolute atomic E-state index is 15.0. The Bertz CT molecular complexity index is 1120. The SMILES string of the molecule is CCCCCC1CCC(c2ccc(-c3ccc(-c4ccc(OCC)c(F)c4F)cc3)cc2F)OC1. The van der Waals surface area contributed by atoms with E-state index in [1.54, 1.807) is 31.2 Å². The second-order valence-corrected chi connectivity index (χ2v) is 9.25. The molecule has 1 heterocycles. The predicted molar refractivity (Wildman–Crippen MR) is 134 cm³/mol. The van der Waals surface area contributed by atoms with Gasteiger partial charge in [0.05, 0.1) is 19.3 Å². The van der Waals surface area contributed by atoms with Gasteiger partial charge in [-0.25, -0.2) is 8.78 Å². The van der Waals surface area contributed by atoms with E-state index < -0.39 is 11.6 Å². The molecule has 0 aromatic heterocycles. The molecular weight excluding hydrogens is 449 g/mol. The number of hydrogen-bond donors (Lipinski definition) is 0. The summed E-state index contributed by atoms with van der Waals surface area (Å²) in [6.45, 7) is 4.87. The van der Waals surface area contributed by atoms with Gasteiger partial charge in [-0.1, -0.05) is 62.6 Å². The molecule has 3 aromatic rings. The van der Waals surface area contributed by atoms with E-state index in [0.29, 0.717) is 23.7 Å². The third-order valence-corrected chi connectivity index (χ3v) is 6.81. The van der Waals surface area contributed by atoms with Gasteiger partial charge in [-0.3, -0.25) is 0 Å². The number of ether oxygens (including phenoxy) is 2. The lowest BCUT2D eigenvalue weighted by molar-refractivity contribution is -0.0215. The summed E-state index contributed by atoms with van der Waals surface area (Å²) < 4.78 is 55.0. The van der Waals surface area contributed by atoms with Crippen molar-refractivity contribution in [3.05, 3.63) is 77.6 Å². The molecular formula is C30H33F3O2. The molecule has 1 aliphatic rings. The van der Waals surface area contributed by atoms with Crippen LogP contribution in [-0.4, -0.2) is 13.2 Å². The highest BCUT2D eigenvalue weighted by Gasteiger charge is 2.25. The number of unbranched alkanes of at least 4 members (excludes halogenated alkanes) is 2. The highest BCUT2D eigenvalue weighted by atomic mass is 19.2. The molecule has 2 atom stereocenters. The average molecular weight is 483 g/mol. The topological polar surface area (TPSA) is 18.5 Å². The van der Waals surface area contributed by atoms with Crippen LogP contribution in [0.15, 0.2) is 54.6 Å². The molecule has 0 aliphatic carbocycles. The van der Waals surface area contributed by atoms with Crippen molar-refractivity contribution in [1.82, 2.24) is 0 Å². The lowest BCUT2D eigenvalue weighted by Gasteiger charge is -2.29. The first-order valence-corrected chi connectivity index (χ1v) is 12.6. The van der Waals surface area contributed by atoms with E-state index >= 15 is 4.39 Å². The van der Waals surface area contributed by atoms with Gasteiger partial charge in [-0.2, -0.15) is 4.39 Å². The Hall–Kier alpha value is -2.79. The summed E-state index contributed by atoms with van der Waals surface area (Å²) in [6.07, 6.45) is 6.59. The van der Waals surface area contributed by atoms with E-state index in [2.05, 4.69) is 6.92 Å². The van der Waals surface area contributed by atoms with Crippen LogP contribution in [0, 0.1) is 23.4 Å². The van der Waals surface area contributed by atoms with E-state index in [9.17, 15) is 8.78 Å². The van der Waals surface area contributed by atoms with Crippen molar-refractivity contribution in [2.45, 2.75) is 58.5 Å². The number of benzene rings is 3. The summed E-state index contributed by atoms with van der Waals surface area (Å²) in [5.74, 6) is -1.75. The Balaban J connectivity index is 1.44. The third-order valence-electron chi connectivity index (χ3n) is 6.81. The van der Waals surface area contributed by atoms with E-state index in [1.165, 1.54) is 43.9 Å². The fourth-order valence-corrected chi connectivity index (χ4v) is 4.79. The molecule has 0 bridgehead atoms. The molecule has 0 amide bonds. The van der Waals surface area contributed by atoms with Crippen molar-refractivity contribution < 1.29 is 22.6 Å². The van der Waals surface area contributed by atoms with Crippen molar-refractivity contribution in [1.29, 1.82) is 0 Å². The summed E-state index contributed by atoms with van der Waals surface area (Å²) in [4.78, 5) is 0. The van der Waals surface area contributed by atoms with Crippen LogP contribution in [0.4, 0.5) is 13.2 Å². The highest BCUT2D eigenvalue weighted by molar-refractivity contribution is 5.71. The standard InChI is InChI=1S/C30H33F3O2/c1-3-5-6-7-20-8-16-27(35-19-20)25-14-13-23(18-26(25)31)21-9-11-22(12-10-21)24-15-17-28(34-4-2)30(33)29(24)32/h9-15,17-18,20,27H,3-8,16,19H2,1-2H3. The lowest BCUT2D eigenvalue weighted by Crippen LogP contribution is -2.21. The summed E-state index contributed by atoms with van der Waals surface area (Å²) in [7, 11) is 0. The van der Waals surface area contributed by atoms with Crippen LogP contribution in [0.3, 0.4) is 0 Å². The van der Waals surface area contributed by atoms with Gasteiger partial charge >= 0.3 is 0 Å². The van der Waals surface area contributed by atoms with Crippen molar-refractivity contribution in [2.24, 2.45) is 5.92 Å². The van der Waals surface area contributed by atoms with Gasteiger partial charge in [-0.15, -0.1) is 0 Å². The molecule has 4 rings (SSSR count). The van der Waals surface area contributed by atoms with Gasteiger partial charge in [-0.05, 0) is 67.0 Å². The Kier molecular flexibility index (Phi) is 8.50. The normalized spacial score (nSPS) is 18.0.